The van der Waals surface area contributed by atoms with Gasteiger partial charge in [0.1, 0.15) is 0 Å². The highest BCUT2D eigenvalue weighted by Crippen LogP contribution is 2.19. The maximum Gasteiger partial charge on any atom is 0.224 e. The Bertz CT molecular complexity index is 239. The molecule has 3 heteroatoms. The third kappa shape index (κ3) is 3.98. The Balaban J connectivity index is 1.75. The van der Waals surface area contributed by atoms with Crippen molar-refractivity contribution in [3.63, 3.8) is 0 Å². The zero-order valence-electron chi connectivity index (χ0n) is 11.0. The van der Waals surface area contributed by atoms with Crippen molar-refractivity contribution in [3.8, 4) is 0 Å². The molecule has 2 aliphatic rings. The van der Waals surface area contributed by atoms with E-state index in [9.17, 15) is 4.79 Å². The van der Waals surface area contributed by atoms with Gasteiger partial charge in [0, 0.05) is 18.6 Å². The van der Waals surface area contributed by atoms with E-state index in [1.165, 1.54) is 38.5 Å². The Hall–Kier alpha value is -0.570. The van der Waals surface area contributed by atoms with E-state index in [0.717, 1.165) is 19.4 Å². The first kappa shape index (κ1) is 12.9. The minimum absolute atomic E-state index is 0.203. The number of carbonyl (C=O) groups excluding carboxylic acids is 1. The van der Waals surface area contributed by atoms with Crippen LogP contribution in [0.3, 0.4) is 0 Å². The quantitative estimate of drug-likeness (QED) is 0.724. The standard InChI is InChI=1S/C14H26N2O/c1-11-8-9-12(10-15-11)14(17)16-13-6-4-2-3-5-7-13/h11-13,15H,2-10H2,1H3,(H,16,17). The summed E-state index contributed by atoms with van der Waals surface area (Å²) in [5.41, 5.74) is 0. The van der Waals surface area contributed by atoms with Crippen molar-refractivity contribution < 1.29 is 4.79 Å². The molecule has 2 rings (SSSR count). The number of rotatable bonds is 2. The van der Waals surface area contributed by atoms with Gasteiger partial charge in [-0.2, -0.15) is 0 Å². The Kier molecular flexibility index (Phi) is 4.84. The first-order valence-corrected chi connectivity index (χ1v) is 7.29. The summed E-state index contributed by atoms with van der Waals surface area (Å²) in [5.74, 6) is 0.491. The number of carbonyl (C=O) groups is 1. The highest BCUT2D eigenvalue weighted by atomic mass is 16.2. The lowest BCUT2D eigenvalue weighted by atomic mass is 9.94. The average Bonchev–Trinajstić information content (AvgIpc) is 2.58. The van der Waals surface area contributed by atoms with Crippen molar-refractivity contribution in [2.45, 2.75) is 70.4 Å². The first-order chi connectivity index (χ1) is 8.25. The van der Waals surface area contributed by atoms with Gasteiger partial charge in [0.25, 0.3) is 0 Å². The molecule has 2 fully saturated rings. The fraction of sp³-hybridized carbons (Fsp3) is 0.929. The van der Waals surface area contributed by atoms with E-state index in [1.54, 1.807) is 0 Å². The van der Waals surface area contributed by atoms with Crippen molar-refractivity contribution in [2.24, 2.45) is 5.92 Å². The fourth-order valence-corrected chi connectivity index (χ4v) is 2.97. The largest absolute Gasteiger partial charge is 0.353 e. The van der Waals surface area contributed by atoms with Gasteiger partial charge in [-0.3, -0.25) is 4.79 Å². The predicted octanol–water partition coefficient (Wildman–Crippen LogP) is 2.21. The molecule has 98 valence electrons. The molecular weight excluding hydrogens is 212 g/mol. The van der Waals surface area contributed by atoms with Crippen molar-refractivity contribution in [3.05, 3.63) is 0 Å². The van der Waals surface area contributed by atoms with Crippen LogP contribution in [-0.4, -0.2) is 24.5 Å². The molecule has 0 spiro atoms. The second-order valence-corrected chi connectivity index (χ2v) is 5.78. The lowest BCUT2D eigenvalue weighted by Crippen LogP contribution is -2.46. The Labute approximate surface area is 105 Å². The molecule has 1 heterocycles. The third-order valence-corrected chi connectivity index (χ3v) is 4.23. The molecule has 0 aromatic carbocycles. The third-order valence-electron chi connectivity index (χ3n) is 4.23. The molecule has 1 amide bonds. The summed E-state index contributed by atoms with van der Waals surface area (Å²) >= 11 is 0. The van der Waals surface area contributed by atoms with E-state index in [1.807, 2.05) is 0 Å². The van der Waals surface area contributed by atoms with Crippen molar-refractivity contribution in [1.82, 2.24) is 10.6 Å². The highest BCUT2D eigenvalue weighted by Gasteiger charge is 2.25. The van der Waals surface area contributed by atoms with Gasteiger partial charge < -0.3 is 10.6 Å². The molecule has 2 atom stereocenters. The molecule has 17 heavy (non-hydrogen) atoms. The van der Waals surface area contributed by atoms with Gasteiger partial charge >= 0.3 is 0 Å². The molecular formula is C14H26N2O. The fourth-order valence-electron chi connectivity index (χ4n) is 2.97. The van der Waals surface area contributed by atoms with E-state index in [-0.39, 0.29) is 11.8 Å². The molecule has 1 saturated carbocycles. The summed E-state index contributed by atoms with van der Waals surface area (Å²) in [7, 11) is 0. The normalized spacial score (nSPS) is 31.8. The molecule has 0 aromatic heterocycles. The number of hydrogen-bond acceptors (Lipinski definition) is 2. The van der Waals surface area contributed by atoms with Crippen LogP contribution in [0.5, 0.6) is 0 Å². The van der Waals surface area contributed by atoms with E-state index in [4.69, 9.17) is 0 Å². The van der Waals surface area contributed by atoms with Crippen molar-refractivity contribution >= 4 is 5.91 Å². The SMILES string of the molecule is CC1CCC(C(=O)NC2CCCCCC2)CN1. The van der Waals surface area contributed by atoms with Gasteiger partial charge in [0.2, 0.25) is 5.91 Å². The van der Waals surface area contributed by atoms with Gasteiger partial charge in [-0.1, -0.05) is 25.7 Å². The summed E-state index contributed by atoms with van der Waals surface area (Å²) < 4.78 is 0. The van der Waals surface area contributed by atoms with Gasteiger partial charge in [-0.15, -0.1) is 0 Å². The second-order valence-electron chi connectivity index (χ2n) is 5.78. The van der Waals surface area contributed by atoms with Gasteiger partial charge in [0.05, 0.1) is 5.92 Å². The van der Waals surface area contributed by atoms with E-state index >= 15 is 0 Å². The molecule has 1 saturated heterocycles. The minimum atomic E-state index is 0.203. The number of piperidine rings is 1. The minimum Gasteiger partial charge on any atom is -0.353 e. The van der Waals surface area contributed by atoms with Crippen LogP contribution in [0.25, 0.3) is 0 Å². The summed E-state index contributed by atoms with van der Waals surface area (Å²) in [6, 6.07) is 1.03. The molecule has 0 aromatic rings. The Morgan fingerprint density at radius 3 is 2.35 bits per heavy atom. The maximum absolute atomic E-state index is 12.1. The predicted molar refractivity (Wildman–Crippen MR) is 69.8 cm³/mol. The van der Waals surface area contributed by atoms with Crippen LogP contribution in [-0.2, 0) is 4.79 Å². The number of hydrogen-bond donors (Lipinski definition) is 2. The molecule has 1 aliphatic carbocycles. The number of amides is 1. The van der Waals surface area contributed by atoms with Crippen molar-refractivity contribution in [2.75, 3.05) is 6.54 Å². The molecule has 0 bridgehead atoms. The van der Waals surface area contributed by atoms with Crippen LogP contribution in [0.1, 0.15) is 58.3 Å². The lowest BCUT2D eigenvalue weighted by Gasteiger charge is -2.28. The topological polar surface area (TPSA) is 41.1 Å². The smallest absolute Gasteiger partial charge is 0.224 e. The van der Waals surface area contributed by atoms with Crippen LogP contribution in [0.4, 0.5) is 0 Å². The van der Waals surface area contributed by atoms with Crippen LogP contribution in [0.2, 0.25) is 0 Å². The second kappa shape index (κ2) is 6.39. The van der Waals surface area contributed by atoms with E-state index in [0.29, 0.717) is 12.1 Å². The van der Waals surface area contributed by atoms with Gasteiger partial charge in [0.15, 0.2) is 0 Å². The first-order valence-electron chi connectivity index (χ1n) is 7.29. The Morgan fingerprint density at radius 2 is 1.76 bits per heavy atom. The van der Waals surface area contributed by atoms with Crippen LogP contribution >= 0.6 is 0 Å². The zero-order valence-corrected chi connectivity index (χ0v) is 11.0. The lowest BCUT2D eigenvalue weighted by molar-refractivity contribution is -0.126. The summed E-state index contributed by atoms with van der Waals surface area (Å²) in [5, 5.41) is 6.67. The summed E-state index contributed by atoms with van der Waals surface area (Å²) in [6.07, 6.45) is 9.79. The summed E-state index contributed by atoms with van der Waals surface area (Å²) in [4.78, 5) is 12.1. The van der Waals surface area contributed by atoms with E-state index < -0.39 is 0 Å². The average molecular weight is 238 g/mol. The van der Waals surface area contributed by atoms with Crippen LogP contribution in [0, 0.1) is 5.92 Å². The maximum atomic E-state index is 12.1. The van der Waals surface area contributed by atoms with Crippen LogP contribution < -0.4 is 10.6 Å². The molecule has 2 N–H and O–H groups in total. The van der Waals surface area contributed by atoms with Crippen LogP contribution in [0.15, 0.2) is 0 Å². The number of nitrogens with one attached hydrogen (secondary N) is 2. The van der Waals surface area contributed by atoms with Crippen molar-refractivity contribution in [1.29, 1.82) is 0 Å². The molecule has 3 nitrogen and oxygen atoms in total. The molecule has 2 unspecified atom stereocenters. The van der Waals surface area contributed by atoms with Gasteiger partial charge in [-0.05, 0) is 32.6 Å². The molecule has 0 radical (unpaired) electrons. The van der Waals surface area contributed by atoms with Gasteiger partial charge in [-0.25, -0.2) is 0 Å². The monoisotopic (exact) mass is 238 g/mol. The zero-order chi connectivity index (χ0) is 12.1. The Morgan fingerprint density at radius 1 is 1.06 bits per heavy atom. The summed E-state index contributed by atoms with van der Waals surface area (Å²) in [6.45, 7) is 3.05. The molecule has 1 aliphatic heterocycles. The van der Waals surface area contributed by atoms with E-state index in [2.05, 4.69) is 17.6 Å². The highest BCUT2D eigenvalue weighted by molar-refractivity contribution is 5.79.